The van der Waals surface area contributed by atoms with Gasteiger partial charge in [0, 0.05) is 23.4 Å². The second-order valence-corrected chi connectivity index (χ2v) is 6.94. The summed E-state index contributed by atoms with van der Waals surface area (Å²) in [4.78, 5) is 0. The van der Waals surface area contributed by atoms with Crippen molar-refractivity contribution in [1.29, 1.82) is 0 Å². The molecule has 3 heteroatoms. The molecule has 100 valence electrons. The lowest BCUT2D eigenvalue weighted by Gasteiger charge is -2.31. The molecule has 2 atom stereocenters. The van der Waals surface area contributed by atoms with E-state index in [2.05, 4.69) is 35.6 Å². The summed E-state index contributed by atoms with van der Waals surface area (Å²) in [6, 6.07) is 2.25. The molecule has 0 bridgehead atoms. The Morgan fingerprint density at radius 1 is 1.24 bits per heavy atom. The van der Waals surface area contributed by atoms with E-state index in [9.17, 15) is 0 Å². The van der Waals surface area contributed by atoms with E-state index in [1.165, 1.54) is 51.5 Å². The first-order valence-electron chi connectivity index (χ1n) is 7.30. The van der Waals surface area contributed by atoms with Crippen molar-refractivity contribution < 1.29 is 0 Å². The summed E-state index contributed by atoms with van der Waals surface area (Å²) in [5.74, 6) is 0. The van der Waals surface area contributed by atoms with Gasteiger partial charge in [-0.15, -0.1) is 0 Å². The Morgan fingerprint density at radius 3 is 2.59 bits per heavy atom. The van der Waals surface area contributed by atoms with Crippen LogP contribution in [0.5, 0.6) is 0 Å². The Kier molecular flexibility index (Phi) is 5.64. The molecule has 0 aromatic rings. The summed E-state index contributed by atoms with van der Waals surface area (Å²) >= 11 is 2.06. The average molecular weight is 256 g/mol. The van der Waals surface area contributed by atoms with Gasteiger partial charge in [0.15, 0.2) is 0 Å². The zero-order valence-corrected chi connectivity index (χ0v) is 12.2. The first-order valence-corrected chi connectivity index (χ1v) is 8.59. The van der Waals surface area contributed by atoms with E-state index in [4.69, 9.17) is 0 Å². The smallest absolute Gasteiger partial charge is 0.00822 e. The van der Waals surface area contributed by atoms with Crippen molar-refractivity contribution in [2.24, 2.45) is 0 Å². The minimum Gasteiger partial charge on any atom is -0.314 e. The highest BCUT2D eigenvalue weighted by Gasteiger charge is 2.23. The first-order chi connectivity index (χ1) is 8.28. The van der Waals surface area contributed by atoms with Gasteiger partial charge in [-0.05, 0) is 64.7 Å². The Hall–Kier alpha value is 0.270. The standard InChI is InChI=1S/C14H28N2S/c1-11(10-13-4-3-9-15-13)16-12-5-7-14(17-2)8-6-12/h11-16H,3-10H2,1-2H3. The van der Waals surface area contributed by atoms with E-state index >= 15 is 0 Å². The lowest BCUT2D eigenvalue weighted by molar-refractivity contribution is 0.327. The van der Waals surface area contributed by atoms with Crippen LogP contribution in [0.3, 0.4) is 0 Å². The third kappa shape index (κ3) is 4.46. The van der Waals surface area contributed by atoms with Crippen molar-refractivity contribution in [3.05, 3.63) is 0 Å². The van der Waals surface area contributed by atoms with Crippen LogP contribution >= 0.6 is 11.8 Å². The highest BCUT2D eigenvalue weighted by molar-refractivity contribution is 7.99. The van der Waals surface area contributed by atoms with Gasteiger partial charge in [-0.3, -0.25) is 0 Å². The fourth-order valence-electron chi connectivity index (χ4n) is 3.32. The maximum absolute atomic E-state index is 3.84. The minimum absolute atomic E-state index is 0.682. The molecule has 1 saturated carbocycles. The topological polar surface area (TPSA) is 24.1 Å². The van der Waals surface area contributed by atoms with Crippen molar-refractivity contribution in [2.45, 2.75) is 75.2 Å². The highest BCUT2D eigenvalue weighted by atomic mass is 32.2. The van der Waals surface area contributed by atoms with Gasteiger partial charge >= 0.3 is 0 Å². The lowest BCUT2D eigenvalue weighted by Crippen LogP contribution is -2.42. The summed E-state index contributed by atoms with van der Waals surface area (Å²) in [5.41, 5.74) is 0. The molecule has 2 N–H and O–H groups in total. The summed E-state index contributed by atoms with van der Waals surface area (Å²) in [6.45, 7) is 3.59. The monoisotopic (exact) mass is 256 g/mol. The van der Waals surface area contributed by atoms with Gasteiger partial charge in [-0.1, -0.05) is 0 Å². The van der Waals surface area contributed by atoms with Gasteiger partial charge in [0.05, 0.1) is 0 Å². The van der Waals surface area contributed by atoms with Gasteiger partial charge in [0.25, 0.3) is 0 Å². The molecule has 1 aliphatic carbocycles. The van der Waals surface area contributed by atoms with Crippen molar-refractivity contribution >= 4 is 11.8 Å². The Balaban J connectivity index is 1.63. The molecule has 1 heterocycles. The molecule has 2 unspecified atom stereocenters. The Morgan fingerprint density at radius 2 is 2.00 bits per heavy atom. The second kappa shape index (κ2) is 7.01. The van der Waals surface area contributed by atoms with Crippen LogP contribution in [0.15, 0.2) is 0 Å². The summed E-state index contributed by atoms with van der Waals surface area (Å²) < 4.78 is 0. The van der Waals surface area contributed by atoms with Crippen molar-refractivity contribution in [3.8, 4) is 0 Å². The van der Waals surface area contributed by atoms with Crippen LogP contribution in [0, 0.1) is 0 Å². The normalized spacial score (nSPS) is 36.0. The van der Waals surface area contributed by atoms with Crippen molar-refractivity contribution in [2.75, 3.05) is 12.8 Å². The SMILES string of the molecule is CSC1CCC(NC(C)CC2CCCN2)CC1. The zero-order valence-electron chi connectivity index (χ0n) is 11.4. The maximum Gasteiger partial charge on any atom is 0.00822 e. The first kappa shape index (κ1) is 13.7. The largest absolute Gasteiger partial charge is 0.314 e. The molecule has 17 heavy (non-hydrogen) atoms. The van der Waals surface area contributed by atoms with E-state index in [0.29, 0.717) is 6.04 Å². The number of hydrogen-bond acceptors (Lipinski definition) is 3. The average Bonchev–Trinajstić information content (AvgIpc) is 2.82. The van der Waals surface area contributed by atoms with Gasteiger partial charge in [0.2, 0.25) is 0 Å². The molecule has 1 aliphatic heterocycles. The van der Waals surface area contributed by atoms with Gasteiger partial charge in [-0.25, -0.2) is 0 Å². The number of hydrogen-bond donors (Lipinski definition) is 2. The Bertz CT molecular complexity index is 208. The number of rotatable bonds is 5. The van der Waals surface area contributed by atoms with Gasteiger partial charge in [-0.2, -0.15) is 11.8 Å². The highest BCUT2D eigenvalue weighted by Crippen LogP contribution is 2.27. The molecule has 2 rings (SSSR count). The molecule has 0 amide bonds. The third-order valence-electron chi connectivity index (χ3n) is 4.33. The van der Waals surface area contributed by atoms with Crippen LogP contribution in [-0.2, 0) is 0 Å². The van der Waals surface area contributed by atoms with E-state index in [0.717, 1.165) is 17.3 Å². The molecular formula is C14H28N2S. The van der Waals surface area contributed by atoms with Crippen LogP contribution in [-0.4, -0.2) is 36.2 Å². The maximum atomic E-state index is 3.84. The molecular weight excluding hydrogens is 228 g/mol. The molecule has 2 aliphatic rings. The van der Waals surface area contributed by atoms with E-state index < -0.39 is 0 Å². The Labute approximate surface area is 111 Å². The predicted molar refractivity (Wildman–Crippen MR) is 77.8 cm³/mol. The summed E-state index contributed by atoms with van der Waals surface area (Å²) in [5, 5.41) is 8.37. The molecule has 2 nitrogen and oxygen atoms in total. The van der Waals surface area contributed by atoms with Crippen LogP contribution in [0.2, 0.25) is 0 Å². The lowest BCUT2D eigenvalue weighted by atomic mass is 9.93. The van der Waals surface area contributed by atoms with E-state index in [1.54, 1.807) is 0 Å². The summed E-state index contributed by atoms with van der Waals surface area (Å²) in [6.07, 6.45) is 11.9. The van der Waals surface area contributed by atoms with Gasteiger partial charge in [0.1, 0.15) is 0 Å². The molecule has 0 aromatic carbocycles. The second-order valence-electron chi connectivity index (χ2n) is 5.81. The quantitative estimate of drug-likeness (QED) is 0.791. The third-order valence-corrected chi connectivity index (χ3v) is 5.47. The van der Waals surface area contributed by atoms with Crippen LogP contribution < -0.4 is 10.6 Å². The summed E-state index contributed by atoms with van der Waals surface area (Å²) in [7, 11) is 0. The van der Waals surface area contributed by atoms with Crippen molar-refractivity contribution in [3.63, 3.8) is 0 Å². The zero-order chi connectivity index (χ0) is 12.1. The fraction of sp³-hybridized carbons (Fsp3) is 1.00. The van der Waals surface area contributed by atoms with Crippen LogP contribution in [0.25, 0.3) is 0 Å². The number of nitrogens with one attached hydrogen (secondary N) is 2. The minimum atomic E-state index is 0.682. The van der Waals surface area contributed by atoms with Crippen molar-refractivity contribution in [1.82, 2.24) is 10.6 Å². The molecule has 0 aromatic heterocycles. The van der Waals surface area contributed by atoms with Crippen LogP contribution in [0.1, 0.15) is 51.9 Å². The van der Waals surface area contributed by atoms with E-state index in [1.807, 2.05) is 0 Å². The molecule has 0 radical (unpaired) electrons. The predicted octanol–water partition coefficient (Wildman–Crippen LogP) is 2.78. The van der Waals surface area contributed by atoms with E-state index in [-0.39, 0.29) is 0 Å². The van der Waals surface area contributed by atoms with Crippen LogP contribution in [0.4, 0.5) is 0 Å². The molecule has 2 fully saturated rings. The van der Waals surface area contributed by atoms with Gasteiger partial charge < -0.3 is 10.6 Å². The molecule has 0 spiro atoms. The fourth-order valence-corrected chi connectivity index (χ4v) is 4.06. The molecule has 1 saturated heterocycles. The number of thioether (sulfide) groups is 1.